The molecule has 0 atom stereocenters. The lowest BCUT2D eigenvalue weighted by molar-refractivity contribution is -0.0503. The van der Waals surface area contributed by atoms with Gasteiger partial charge in [0, 0.05) is 6.54 Å². The zero-order chi connectivity index (χ0) is 22.6. The zero-order valence-corrected chi connectivity index (χ0v) is 18.2. The minimum atomic E-state index is -1.39. The van der Waals surface area contributed by atoms with Crippen LogP contribution in [0.1, 0.15) is 59.2 Å². The molecule has 0 aliphatic heterocycles. The highest BCUT2D eigenvalue weighted by Gasteiger charge is 2.50. The van der Waals surface area contributed by atoms with Crippen LogP contribution in [0.25, 0.3) is 11.1 Å². The van der Waals surface area contributed by atoms with Crippen molar-refractivity contribution in [2.45, 2.75) is 38.5 Å². The third-order valence-electron chi connectivity index (χ3n) is 7.60. The van der Waals surface area contributed by atoms with Crippen molar-refractivity contribution >= 4 is 23.5 Å². The Morgan fingerprint density at radius 1 is 0.969 bits per heavy atom. The molecule has 168 valence electrons. The number of carboxylic acid groups (broad SMARTS) is 1. The van der Waals surface area contributed by atoms with Gasteiger partial charge in [-0.05, 0) is 97.1 Å². The summed E-state index contributed by atoms with van der Waals surface area (Å²) in [7, 11) is 0. The normalized spacial score (nSPS) is 28.0. The topological polar surface area (TPSA) is 66.4 Å². The third kappa shape index (κ3) is 3.79. The molecule has 0 saturated heterocycles. The molecular formula is C25H24ClF2NO3. The van der Waals surface area contributed by atoms with E-state index in [1.165, 1.54) is 37.5 Å². The van der Waals surface area contributed by atoms with Gasteiger partial charge in [0.2, 0.25) is 0 Å². The number of halogens is 3. The molecule has 0 radical (unpaired) electrons. The molecule has 4 aliphatic rings. The van der Waals surface area contributed by atoms with E-state index in [9.17, 15) is 23.5 Å². The number of carbonyl (C=O) groups excluding carboxylic acids is 1. The number of carboxylic acids is 1. The fourth-order valence-corrected chi connectivity index (χ4v) is 6.90. The molecule has 2 aromatic carbocycles. The third-order valence-corrected chi connectivity index (χ3v) is 7.93. The molecule has 32 heavy (non-hydrogen) atoms. The molecule has 4 saturated carbocycles. The SMILES string of the molecule is O=C(NCC12CC3CC(CC(C3)C1)C2)c1cc(-c2cc(F)c(F)cc2C(=O)O)ccc1Cl. The van der Waals surface area contributed by atoms with E-state index in [1.54, 1.807) is 0 Å². The Morgan fingerprint density at radius 3 is 2.16 bits per heavy atom. The maximum absolute atomic E-state index is 13.9. The number of nitrogens with one attached hydrogen (secondary N) is 1. The highest BCUT2D eigenvalue weighted by Crippen LogP contribution is 2.59. The van der Waals surface area contributed by atoms with E-state index < -0.39 is 17.6 Å². The maximum atomic E-state index is 13.9. The number of carbonyl (C=O) groups is 2. The first-order valence-electron chi connectivity index (χ1n) is 11.0. The van der Waals surface area contributed by atoms with Gasteiger partial charge in [0.1, 0.15) is 0 Å². The van der Waals surface area contributed by atoms with Gasteiger partial charge in [-0.1, -0.05) is 17.7 Å². The van der Waals surface area contributed by atoms with Gasteiger partial charge in [0.25, 0.3) is 5.91 Å². The van der Waals surface area contributed by atoms with Crippen molar-refractivity contribution in [3.8, 4) is 11.1 Å². The molecular weight excluding hydrogens is 436 g/mol. The second-order valence-corrected chi connectivity index (χ2v) is 10.3. The minimum absolute atomic E-state index is 0.0109. The summed E-state index contributed by atoms with van der Waals surface area (Å²) in [6.45, 7) is 0.599. The number of benzene rings is 2. The summed E-state index contributed by atoms with van der Waals surface area (Å²) in [5.74, 6) is -1.82. The highest BCUT2D eigenvalue weighted by atomic mass is 35.5. The van der Waals surface area contributed by atoms with Crippen LogP contribution in [-0.2, 0) is 0 Å². The molecule has 2 N–H and O–H groups in total. The summed E-state index contributed by atoms with van der Waals surface area (Å²) < 4.78 is 27.4. The Labute approximate surface area is 190 Å². The van der Waals surface area contributed by atoms with Crippen LogP contribution in [0.3, 0.4) is 0 Å². The Balaban J connectivity index is 1.40. The van der Waals surface area contributed by atoms with Crippen LogP contribution in [0.4, 0.5) is 8.78 Å². The summed E-state index contributed by atoms with van der Waals surface area (Å²) >= 11 is 6.28. The summed E-state index contributed by atoms with van der Waals surface area (Å²) in [5.41, 5.74) is 0.236. The van der Waals surface area contributed by atoms with E-state index in [0.717, 1.165) is 43.1 Å². The van der Waals surface area contributed by atoms with Crippen molar-refractivity contribution in [2.75, 3.05) is 6.54 Å². The van der Waals surface area contributed by atoms with Crippen LogP contribution in [0.5, 0.6) is 0 Å². The van der Waals surface area contributed by atoms with E-state index >= 15 is 0 Å². The van der Waals surface area contributed by atoms with Gasteiger partial charge in [-0.25, -0.2) is 13.6 Å². The first-order chi connectivity index (χ1) is 15.2. The molecule has 4 nitrogen and oxygen atoms in total. The Hall–Kier alpha value is -2.47. The van der Waals surface area contributed by atoms with Gasteiger partial charge in [-0.2, -0.15) is 0 Å². The van der Waals surface area contributed by atoms with Gasteiger partial charge in [-0.3, -0.25) is 4.79 Å². The number of hydrogen-bond acceptors (Lipinski definition) is 2. The summed E-state index contributed by atoms with van der Waals surface area (Å²) in [4.78, 5) is 24.6. The fraction of sp³-hybridized carbons (Fsp3) is 0.440. The molecule has 0 heterocycles. The van der Waals surface area contributed by atoms with Gasteiger partial charge >= 0.3 is 5.97 Å². The van der Waals surface area contributed by atoms with Crippen LogP contribution in [0.15, 0.2) is 30.3 Å². The van der Waals surface area contributed by atoms with Gasteiger partial charge in [0.15, 0.2) is 11.6 Å². The maximum Gasteiger partial charge on any atom is 0.336 e. The predicted molar refractivity (Wildman–Crippen MR) is 117 cm³/mol. The van der Waals surface area contributed by atoms with Crippen molar-refractivity contribution in [2.24, 2.45) is 23.2 Å². The van der Waals surface area contributed by atoms with E-state index in [1.807, 2.05) is 0 Å². The molecule has 6 rings (SSSR count). The van der Waals surface area contributed by atoms with Crippen molar-refractivity contribution in [1.29, 1.82) is 0 Å². The number of aromatic carboxylic acids is 1. The number of amides is 1. The largest absolute Gasteiger partial charge is 0.478 e. The van der Waals surface area contributed by atoms with E-state index in [0.29, 0.717) is 12.6 Å². The quantitative estimate of drug-likeness (QED) is 0.582. The van der Waals surface area contributed by atoms with Gasteiger partial charge in [-0.15, -0.1) is 0 Å². The lowest BCUT2D eigenvalue weighted by Gasteiger charge is -2.56. The average molecular weight is 460 g/mol. The average Bonchev–Trinajstić information content (AvgIpc) is 2.73. The smallest absolute Gasteiger partial charge is 0.336 e. The van der Waals surface area contributed by atoms with Crippen molar-refractivity contribution in [3.05, 3.63) is 58.1 Å². The van der Waals surface area contributed by atoms with Crippen LogP contribution in [0.2, 0.25) is 5.02 Å². The molecule has 4 fully saturated rings. The Morgan fingerprint density at radius 2 is 1.56 bits per heavy atom. The first-order valence-corrected chi connectivity index (χ1v) is 11.4. The fourth-order valence-electron chi connectivity index (χ4n) is 6.70. The summed E-state index contributed by atoms with van der Waals surface area (Å²) in [5, 5.41) is 12.7. The number of rotatable bonds is 5. The van der Waals surface area contributed by atoms with Crippen LogP contribution >= 0.6 is 11.6 Å². The van der Waals surface area contributed by atoms with Gasteiger partial charge < -0.3 is 10.4 Å². The van der Waals surface area contributed by atoms with Crippen molar-refractivity contribution < 1.29 is 23.5 Å². The highest BCUT2D eigenvalue weighted by molar-refractivity contribution is 6.34. The zero-order valence-electron chi connectivity index (χ0n) is 17.5. The minimum Gasteiger partial charge on any atom is -0.478 e. The van der Waals surface area contributed by atoms with Crippen LogP contribution < -0.4 is 5.32 Å². The predicted octanol–water partition coefficient (Wildman–Crippen LogP) is 5.93. The van der Waals surface area contributed by atoms with Crippen molar-refractivity contribution in [3.63, 3.8) is 0 Å². The van der Waals surface area contributed by atoms with E-state index in [2.05, 4.69) is 5.32 Å². The second kappa shape index (κ2) is 7.84. The lowest BCUT2D eigenvalue weighted by Crippen LogP contribution is -2.51. The van der Waals surface area contributed by atoms with E-state index in [4.69, 9.17) is 11.6 Å². The van der Waals surface area contributed by atoms with E-state index in [-0.39, 0.29) is 38.6 Å². The summed E-state index contributed by atoms with van der Waals surface area (Å²) in [6.07, 6.45) is 7.43. The van der Waals surface area contributed by atoms with Crippen LogP contribution in [0, 0.1) is 34.8 Å². The van der Waals surface area contributed by atoms with Gasteiger partial charge in [0.05, 0.1) is 16.1 Å². The van der Waals surface area contributed by atoms with Crippen molar-refractivity contribution in [1.82, 2.24) is 5.32 Å². The Kier molecular flexibility index (Phi) is 5.24. The Bertz CT molecular complexity index is 1080. The molecule has 4 aliphatic carbocycles. The lowest BCUT2D eigenvalue weighted by atomic mass is 9.49. The standard InChI is InChI=1S/C25H24ClF2NO3/c26-20-2-1-16(17-7-21(27)22(28)8-18(17)24(31)32)6-19(20)23(30)29-12-25-9-13-3-14(10-25)5-15(4-13)11-25/h1-2,6-8,13-15H,3-5,9-12H2,(H,29,30)(H,31,32). The first kappa shape index (κ1) is 21.4. The number of hydrogen-bond donors (Lipinski definition) is 2. The molecule has 1 amide bonds. The monoisotopic (exact) mass is 459 g/mol. The molecule has 0 spiro atoms. The summed E-state index contributed by atoms with van der Waals surface area (Å²) in [6, 6.07) is 5.89. The van der Waals surface area contributed by atoms with Crippen LogP contribution in [-0.4, -0.2) is 23.5 Å². The molecule has 2 aromatic rings. The molecule has 7 heteroatoms. The molecule has 4 bridgehead atoms. The molecule has 0 aromatic heterocycles. The molecule has 0 unspecified atom stereocenters. The second-order valence-electron chi connectivity index (χ2n) is 9.91.